The third-order valence-corrected chi connectivity index (χ3v) is 1.31. The van der Waals surface area contributed by atoms with Crippen LogP contribution in [0.4, 0.5) is 0 Å². The van der Waals surface area contributed by atoms with E-state index in [0.29, 0.717) is 12.6 Å². The van der Waals surface area contributed by atoms with Gasteiger partial charge < -0.3 is 9.64 Å². The molecule has 0 aliphatic carbocycles. The van der Waals surface area contributed by atoms with Gasteiger partial charge in [-0.15, -0.1) is 0 Å². The highest BCUT2D eigenvalue weighted by molar-refractivity contribution is 5.84. The smallest absolute Gasteiger partial charge is 0.127 e. The van der Waals surface area contributed by atoms with Crippen LogP contribution in [0.2, 0.25) is 0 Å². The normalized spacial score (nSPS) is 29.5. The Hall–Kier alpha value is -0.570. The number of ether oxygens (including phenoxy) is 1. The third-order valence-electron chi connectivity index (χ3n) is 1.31. The molecule has 1 aliphatic heterocycles. The Bertz CT molecular complexity index is 101. The Morgan fingerprint density at radius 3 is 2.62 bits per heavy atom. The van der Waals surface area contributed by atoms with Gasteiger partial charge in [0.15, 0.2) is 0 Å². The van der Waals surface area contributed by atoms with E-state index in [1.165, 1.54) is 0 Å². The molecule has 1 atom stereocenters. The number of rotatable bonds is 0. The van der Waals surface area contributed by atoms with Gasteiger partial charge in [-0.1, -0.05) is 0 Å². The topological polar surface area (TPSA) is 36.3 Å². The van der Waals surface area contributed by atoms with Crippen molar-refractivity contribution in [2.45, 2.75) is 13.0 Å². The van der Waals surface area contributed by atoms with Gasteiger partial charge in [0, 0.05) is 7.05 Å². The number of nitrogens with one attached hydrogen (secondary N) is 1. The molecule has 3 heteroatoms. The first-order valence-electron chi connectivity index (χ1n) is 2.63. The van der Waals surface area contributed by atoms with Crippen molar-refractivity contribution in [2.75, 3.05) is 13.8 Å². The molecule has 0 bridgehead atoms. The lowest BCUT2D eigenvalue weighted by Crippen LogP contribution is -2.22. The first kappa shape index (κ1) is 5.56. The van der Waals surface area contributed by atoms with Crippen LogP contribution < -0.4 is 0 Å². The van der Waals surface area contributed by atoms with Gasteiger partial charge in [0.25, 0.3) is 0 Å². The zero-order valence-electron chi connectivity index (χ0n) is 5.14. The lowest BCUT2D eigenvalue weighted by Gasteiger charge is -2.05. The van der Waals surface area contributed by atoms with E-state index >= 15 is 0 Å². The number of hydrogen-bond acceptors (Lipinski definition) is 2. The summed E-state index contributed by atoms with van der Waals surface area (Å²) in [4.78, 5) is 1.78. The molecular formula is C5H10N2O. The molecule has 1 saturated heterocycles. The third kappa shape index (κ3) is 0.690. The molecule has 1 rings (SSSR count). The van der Waals surface area contributed by atoms with Crippen LogP contribution in [0.5, 0.6) is 0 Å². The van der Waals surface area contributed by atoms with E-state index in [0.717, 1.165) is 0 Å². The molecule has 0 aromatic heterocycles. The fourth-order valence-corrected chi connectivity index (χ4v) is 0.682. The molecule has 0 aromatic carbocycles. The van der Waals surface area contributed by atoms with E-state index in [-0.39, 0.29) is 6.10 Å². The second kappa shape index (κ2) is 1.74. The van der Waals surface area contributed by atoms with Crippen molar-refractivity contribution < 1.29 is 4.74 Å². The summed E-state index contributed by atoms with van der Waals surface area (Å²) in [5.41, 5.74) is 0. The van der Waals surface area contributed by atoms with Crippen LogP contribution in [-0.4, -0.2) is 30.6 Å². The fourth-order valence-electron chi connectivity index (χ4n) is 0.682. The maximum Gasteiger partial charge on any atom is 0.127 e. The van der Waals surface area contributed by atoms with Gasteiger partial charge in [-0.05, 0) is 6.92 Å². The van der Waals surface area contributed by atoms with Crippen LogP contribution >= 0.6 is 0 Å². The summed E-state index contributed by atoms with van der Waals surface area (Å²) in [5.74, 6) is 0.574. The molecular weight excluding hydrogens is 104 g/mol. The van der Waals surface area contributed by atoms with Crippen molar-refractivity contribution in [2.24, 2.45) is 0 Å². The summed E-state index contributed by atoms with van der Waals surface area (Å²) in [6.07, 6.45) is -0.000000000000000222. The highest BCUT2D eigenvalue weighted by atomic mass is 16.5. The average Bonchev–Trinajstić information content (AvgIpc) is 1.98. The molecule has 1 aliphatic rings. The monoisotopic (exact) mass is 114 g/mol. The standard InChI is InChI=1S/C5H10N2O/c1-4-5(6)7(2)3-8-4/h4,6H,3H2,1-2H3. The van der Waals surface area contributed by atoms with Crippen molar-refractivity contribution >= 4 is 5.84 Å². The second-order valence-corrected chi connectivity index (χ2v) is 2.02. The molecule has 0 radical (unpaired) electrons. The maximum atomic E-state index is 7.26. The number of likely N-dealkylation sites (N-methyl/N-ethyl adjacent to an activating group) is 1. The zero-order valence-corrected chi connectivity index (χ0v) is 5.14. The van der Waals surface area contributed by atoms with Crippen LogP contribution in [-0.2, 0) is 4.74 Å². The van der Waals surface area contributed by atoms with E-state index in [2.05, 4.69) is 0 Å². The van der Waals surface area contributed by atoms with Gasteiger partial charge in [0.05, 0.1) is 0 Å². The molecule has 0 saturated carbocycles. The van der Waals surface area contributed by atoms with Crippen LogP contribution in [0.25, 0.3) is 0 Å². The van der Waals surface area contributed by atoms with E-state index < -0.39 is 0 Å². The quantitative estimate of drug-likeness (QED) is 0.490. The Morgan fingerprint density at radius 1 is 1.88 bits per heavy atom. The summed E-state index contributed by atoms with van der Waals surface area (Å²) in [6, 6.07) is 0. The van der Waals surface area contributed by atoms with Gasteiger partial charge >= 0.3 is 0 Å². The number of nitrogens with zero attached hydrogens (tertiary/aromatic N) is 1. The van der Waals surface area contributed by atoms with Crippen LogP contribution in [0.3, 0.4) is 0 Å². The SMILES string of the molecule is CC1OCN(C)C1=N. The Morgan fingerprint density at radius 2 is 2.50 bits per heavy atom. The van der Waals surface area contributed by atoms with E-state index in [9.17, 15) is 0 Å². The lowest BCUT2D eigenvalue weighted by molar-refractivity contribution is 0.107. The predicted molar refractivity (Wildman–Crippen MR) is 30.9 cm³/mol. The summed E-state index contributed by atoms with van der Waals surface area (Å²) in [5, 5.41) is 7.26. The molecule has 1 heterocycles. The summed E-state index contributed by atoms with van der Waals surface area (Å²) < 4.78 is 5.08. The van der Waals surface area contributed by atoms with Gasteiger partial charge in [-0.25, -0.2) is 0 Å². The molecule has 3 nitrogen and oxygen atoms in total. The summed E-state index contributed by atoms with van der Waals surface area (Å²) in [6.45, 7) is 2.45. The minimum atomic E-state index is -0.000000000000000222. The van der Waals surface area contributed by atoms with Gasteiger partial charge in [0.1, 0.15) is 18.7 Å². The average molecular weight is 114 g/mol. The first-order chi connectivity index (χ1) is 3.72. The Labute approximate surface area is 48.8 Å². The Kier molecular flexibility index (Phi) is 1.21. The molecule has 0 spiro atoms. The zero-order chi connectivity index (χ0) is 6.15. The molecule has 1 N–H and O–H groups in total. The molecule has 0 aromatic rings. The first-order valence-corrected chi connectivity index (χ1v) is 2.63. The van der Waals surface area contributed by atoms with Gasteiger partial charge in [0.2, 0.25) is 0 Å². The van der Waals surface area contributed by atoms with E-state index in [1.807, 2.05) is 14.0 Å². The highest BCUT2D eigenvalue weighted by Gasteiger charge is 2.20. The van der Waals surface area contributed by atoms with Gasteiger partial charge in [-0.3, -0.25) is 5.41 Å². The number of amidine groups is 1. The van der Waals surface area contributed by atoms with Crippen molar-refractivity contribution in [1.29, 1.82) is 5.41 Å². The van der Waals surface area contributed by atoms with E-state index in [1.54, 1.807) is 4.90 Å². The van der Waals surface area contributed by atoms with E-state index in [4.69, 9.17) is 10.1 Å². The summed E-state index contributed by atoms with van der Waals surface area (Å²) in [7, 11) is 1.85. The largest absolute Gasteiger partial charge is 0.350 e. The van der Waals surface area contributed by atoms with Crippen LogP contribution in [0.15, 0.2) is 0 Å². The molecule has 8 heavy (non-hydrogen) atoms. The minimum absolute atomic E-state index is 0.000000000000000222. The maximum absolute atomic E-state index is 7.26. The lowest BCUT2D eigenvalue weighted by atomic mass is 10.4. The molecule has 1 unspecified atom stereocenters. The molecule has 1 fully saturated rings. The Balaban J connectivity index is 2.57. The minimum Gasteiger partial charge on any atom is -0.350 e. The number of hydrogen-bond donors (Lipinski definition) is 1. The highest BCUT2D eigenvalue weighted by Crippen LogP contribution is 2.05. The van der Waals surface area contributed by atoms with Crippen molar-refractivity contribution in [3.8, 4) is 0 Å². The molecule has 46 valence electrons. The van der Waals surface area contributed by atoms with Crippen molar-refractivity contribution in [3.63, 3.8) is 0 Å². The van der Waals surface area contributed by atoms with Crippen molar-refractivity contribution in [1.82, 2.24) is 4.90 Å². The summed E-state index contributed by atoms with van der Waals surface area (Å²) >= 11 is 0. The second-order valence-electron chi connectivity index (χ2n) is 2.02. The predicted octanol–water partition coefficient (Wildman–Crippen LogP) is 0.272. The fraction of sp³-hybridized carbons (Fsp3) is 0.800. The molecule has 0 amide bonds. The van der Waals surface area contributed by atoms with Crippen LogP contribution in [0, 0.1) is 5.41 Å². The van der Waals surface area contributed by atoms with Crippen LogP contribution in [0.1, 0.15) is 6.92 Å². The van der Waals surface area contributed by atoms with Crippen molar-refractivity contribution in [3.05, 3.63) is 0 Å². The van der Waals surface area contributed by atoms with Gasteiger partial charge in [-0.2, -0.15) is 0 Å².